The highest BCUT2D eigenvalue weighted by molar-refractivity contribution is 7.89. The summed E-state index contributed by atoms with van der Waals surface area (Å²) in [6.45, 7) is 1.42. The molecule has 6 heterocycles. The van der Waals surface area contributed by atoms with E-state index >= 15 is 0 Å². The third-order valence-corrected chi connectivity index (χ3v) is 7.10. The van der Waals surface area contributed by atoms with Crippen LogP contribution in [-0.2, 0) is 29.5 Å². The maximum absolute atomic E-state index is 13.1. The van der Waals surface area contributed by atoms with Crippen LogP contribution < -0.4 is 9.62 Å². The van der Waals surface area contributed by atoms with E-state index in [9.17, 15) is 8.42 Å². The normalized spacial score (nSPS) is 14.1. The fourth-order valence-corrected chi connectivity index (χ4v) is 5.09. The standard InChI is InChI=1S/C22H19N7O3S/c30-33(31,26-12-17-10-16-11-23-7-3-19(16)32-17)20-13-25-29-9-5-21(27-22(20)29)28-8-4-18-15(14-28)2-1-6-24-18/h1-3,5-7,9-11,13,26H,4,8,12,14H2. The van der Waals surface area contributed by atoms with Gasteiger partial charge in [-0.15, -0.1) is 0 Å². The minimum atomic E-state index is -3.88. The molecule has 0 unspecified atom stereocenters. The number of pyridine rings is 2. The highest BCUT2D eigenvalue weighted by Crippen LogP contribution is 2.24. The molecule has 0 bridgehead atoms. The van der Waals surface area contributed by atoms with Crippen LogP contribution in [0.4, 0.5) is 5.82 Å². The number of nitrogens with zero attached hydrogens (tertiary/aromatic N) is 6. The van der Waals surface area contributed by atoms with Gasteiger partial charge in [-0.1, -0.05) is 6.07 Å². The molecule has 0 amide bonds. The van der Waals surface area contributed by atoms with Crippen LogP contribution in [-0.4, -0.2) is 39.5 Å². The van der Waals surface area contributed by atoms with Crippen LogP contribution in [0.1, 0.15) is 17.0 Å². The van der Waals surface area contributed by atoms with E-state index in [1.54, 1.807) is 36.9 Å². The van der Waals surface area contributed by atoms with Crippen molar-refractivity contribution in [1.82, 2.24) is 29.3 Å². The molecule has 11 heteroatoms. The van der Waals surface area contributed by atoms with Crippen LogP contribution in [0.15, 0.2) is 70.6 Å². The second kappa shape index (κ2) is 7.64. The fourth-order valence-electron chi connectivity index (χ4n) is 4.04. The number of nitrogens with one attached hydrogen (secondary N) is 1. The van der Waals surface area contributed by atoms with Crippen molar-refractivity contribution < 1.29 is 12.8 Å². The molecule has 1 aliphatic rings. The number of sulfonamides is 1. The minimum Gasteiger partial charge on any atom is -0.460 e. The summed E-state index contributed by atoms with van der Waals surface area (Å²) in [7, 11) is -3.88. The first kappa shape index (κ1) is 19.8. The number of hydrogen-bond acceptors (Lipinski definition) is 8. The van der Waals surface area contributed by atoms with E-state index in [1.165, 1.54) is 10.7 Å². The van der Waals surface area contributed by atoms with Gasteiger partial charge in [0.05, 0.1) is 12.7 Å². The highest BCUT2D eigenvalue weighted by Gasteiger charge is 2.24. The monoisotopic (exact) mass is 461 g/mol. The van der Waals surface area contributed by atoms with Gasteiger partial charge < -0.3 is 9.32 Å². The zero-order valence-corrected chi connectivity index (χ0v) is 18.2. The van der Waals surface area contributed by atoms with Crippen molar-refractivity contribution in [1.29, 1.82) is 0 Å². The molecule has 1 aliphatic heterocycles. The lowest BCUT2D eigenvalue weighted by Crippen LogP contribution is -2.31. The van der Waals surface area contributed by atoms with Gasteiger partial charge in [0, 0.05) is 55.4 Å². The molecular formula is C22H19N7O3S. The first-order chi connectivity index (χ1) is 16.1. The van der Waals surface area contributed by atoms with E-state index in [1.807, 2.05) is 12.1 Å². The summed E-state index contributed by atoms with van der Waals surface area (Å²) in [4.78, 5) is 15.3. The second-order valence-corrected chi connectivity index (χ2v) is 9.53. The Morgan fingerprint density at radius 3 is 3.00 bits per heavy atom. The molecule has 166 valence electrons. The average Bonchev–Trinajstić information content (AvgIpc) is 3.46. The van der Waals surface area contributed by atoms with Crippen molar-refractivity contribution in [3.63, 3.8) is 0 Å². The van der Waals surface area contributed by atoms with E-state index in [-0.39, 0.29) is 17.1 Å². The number of aromatic nitrogens is 5. The smallest absolute Gasteiger partial charge is 0.246 e. The molecule has 6 rings (SSSR count). The van der Waals surface area contributed by atoms with Crippen LogP contribution in [0.2, 0.25) is 0 Å². The number of anilines is 1. The van der Waals surface area contributed by atoms with Gasteiger partial charge in [-0.3, -0.25) is 9.97 Å². The molecule has 5 aromatic heterocycles. The number of hydrogen-bond donors (Lipinski definition) is 1. The molecule has 0 saturated heterocycles. The summed E-state index contributed by atoms with van der Waals surface area (Å²) in [6.07, 6.45) is 8.94. The highest BCUT2D eigenvalue weighted by atomic mass is 32.2. The molecule has 10 nitrogen and oxygen atoms in total. The maximum atomic E-state index is 13.1. The van der Waals surface area contributed by atoms with Gasteiger partial charge >= 0.3 is 0 Å². The van der Waals surface area contributed by atoms with E-state index in [0.29, 0.717) is 23.7 Å². The molecular weight excluding hydrogens is 442 g/mol. The summed E-state index contributed by atoms with van der Waals surface area (Å²) in [5.74, 6) is 1.19. The molecule has 5 aromatic rings. The summed E-state index contributed by atoms with van der Waals surface area (Å²) in [5, 5.41) is 4.98. The first-order valence-corrected chi connectivity index (χ1v) is 11.9. The lowest BCUT2D eigenvalue weighted by Gasteiger charge is -2.29. The summed E-state index contributed by atoms with van der Waals surface area (Å²) >= 11 is 0. The van der Waals surface area contributed by atoms with E-state index in [0.717, 1.165) is 29.6 Å². The molecule has 0 radical (unpaired) electrons. The summed E-state index contributed by atoms with van der Waals surface area (Å²) in [5.41, 5.74) is 3.16. The van der Waals surface area contributed by atoms with E-state index < -0.39 is 10.0 Å². The lowest BCUT2D eigenvalue weighted by atomic mass is 10.1. The predicted molar refractivity (Wildman–Crippen MR) is 120 cm³/mol. The Kier molecular flexibility index (Phi) is 4.59. The predicted octanol–water partition coefficient (Wildman–Crippen LogP) is 2.31. The topological polar surface area (TPSA) is 119 Å². The fraction of sp³-hybridized carbons (Fsp3) is 0.182. The minimum absolute atomic E-state index is 0.00392. The van der Waals surface area contributed by atoms with Crippen molar-refractivity contribution in [2.24, 2.45) is 0 Å². The molecule has 0 aliphatic carbocycles. The van der Waals surface area contributed by atoms with Crippen LogP contribution in [0.5, 0.6) is 0 Å². The zero-order valence-electron chi connectivity index (χ0n) is 17.4. The van der Waals surface area contributed by atoms with Crippen LogP contribution in [0, 0.1) is 0 Å². The third-order valence-electron chi connectivity index (χ3n) is 5.70. The van der Waals surface area contributed by atoms with Crippen molar-refractivity contribution in [3.8, 4) is 0 Å². The molecule has 0 atom stereocenters. The number of furan rings is 1. The number of rotatable bonds is 5. The van der Waals surface area contributed by atoms with E-state index in [2.05, 4.69) is 35.7 Å². The Morgan fingerprint density at radius 1 is 1.15 bits per heavy atom. The summed E-state index contributed by atoms with van der Waals surface area (Å²) < 4.78 is 35.9. The zero-order chi connectivity index (χ0) is 22.4. The van der Waals surface area contributed by atoms with Gasteiger partial charge in [0.1, 0.15) is 22.1 Å². The van der Waals surface area contributed by atoms with Crippen LogP contribution >= 0.6 is 0 Å². The SMILES string of the molecule is O=S(=O)(NCc1cc2cnccc2o1)c1cnn2ccc(N3CCc4ncccc4C3)nc12. The molecule has 0 spiro atoms. The molecule has 0 fully saturated rings. The lowest BCUT2D eigenvalue weighted by molar-refractivity contribution is 0.530. The molecule has 0 saturated carbocycles. The van der Waals surface area contributed by atoms with Gasteiger partial charge in [0.15, 0.2) is 5.65 Å². The Balaban J connectivity index is 1.27. The quantitative estimate of drug-likeness (QED) is 0.424. The Morgan fingerprint density at radius 2 is 2.09 bits per heavy atom. The third kappa shape index (κ3) is 3.60. The maximum Gasteiger partial charge on any atom is 0.246 e. The van der Waals surface area contributed by atoms with Gasteiger partial charge in [-0.2, -0.15) is 5.10 Å². The molecule has 0 aromatic carbocycles. The van der Waals surface area contributed by atoms with Crippen LogP contribution in [0.3, 0.4) is 0 Å². The first-order valence-electron chi connectivity index (χ1n) is 10.4. The van der Waals surface area contributed by atoms with Crippen LogP contribution in [0.25, 0.3) is 16.6 Å². The van der Waals surface area contributed by atoms with Gasteiger partial charge in [0.2, 0.25) is 10.0 Å². The Labute approximate surface area is 189 Å². The summed E-state index contributed by atoms with van der Waals surface area (Å²) in [6, 6.07) is 9.32. The molecule has 1 N–H and O–H groups in total. The Bertz CT molecular complexity index is 1560. The van der Waals surface area contributed by atoms with Crippen molar-refractivity contribution in [3.05, 3.63) is 78.3 Å². The van der Waals surface area contributed by atoms with Crippen molar-refractivity contribution in [2.45, 2.75) is 24.4 Å². The Hall–Kier alpha value is -3.83. The van der Waals surface area contributed by atoms with Gasteiger partial charge in [-0.05, 0) is 29.8 Å². The van der Waals surface area contributed by atoms with Gasteiger partial charge in [0.25, 0.3) is 0 Å². The molecule has 33 heavy (non-hydrogen) atoms. The van der Waals surface area contributed by atoms with Gasteiger partial charge in [-0.25, -0.2) is 22.6 Å². The second-order valence-electron chi connectivity index (χ2n) is 7.79. The van der Waals surface area contributed by atoms with Crippen molar-refractivity contribution >= 4 is 32.5 Å². The van der Waals surface area contributed by atoms with Crippen molar-refractivity contribution in [2.75, 3.05) is 11.4 Å². The largest absolute Gasteiger partial charge is 0.460 e. The number of fused-ring (bicyclic) bond motifs is 3. The van der Waals surface area contributed by atoms with E-state index in [4.69, 9.17) is 4.42 Å². The average molecular weight is 462 g/mol.